The van der Waals surface area contributed by atoms with E-state index in [1.165, 1.54) is 11.8 Å². The van der Waals surface area contributed by atoms with Crippen LogP contribution in [-0.2, 0) is 56.0 Å². The number of para-hydroxylation sites is 1. The van der Waals surface area contributed by atoms with Gasteiger partial charge >= 0.3 is 0 Å². The smallest absolute Gasteiger partial charge is 0.246 e. The Bertz CT molecular complexity index is 2890. The lowest BCUT2D eigenvalue weighted by molar-refractivity contribution is -0.146. The van der Waals surface area contributed by atoms with Crippen molar-refractivity contribution in [2.75, 3.05) is 13.1 Å². The van der Waals surface area contributed by atoms with Crippen LogP contribution in [0.5, 0.6) is 0 Å². The van der Waals surface area contributed by atoms with Crippen molar-refractivity contribution in [3.63, 3.8) is 0 Å². The van der Waals surface area contributed by atoms with Crippen LogP contribution in [-0.4, -0.2) is 130 Å². The fourth-order valence-electron chi connectivity index (χ4n) is 11.2. The lowest BCUT2D eigenvalue weighted by Gasteiger charge is -2.36. The molecule has 1 unspecified atom stereocenters. The molecular weight excluding hydrogens is 1010 g/mol. The average Bonchev–Trinajstić information content (AvgIpc) is 4.22. The third-order valence-corrected chi connectivity index (χ3v) is 15.3. The van der Waals surface area contributed by atoms with Crippen LogP contribution in [0.1, 0.15) is 115 Å². The van der Waals surface area contributed by atoms with Gasteiger partial charge in [0.15, 0.2) is 5.96 Å². The van der Waals surface area contributed by atoms with Crippen molar-refractivity contribution in [3.8, 4) is 0 Å². The molecule has 0 radical (unpaired) electrons. The Labute approximate surface area is 459 Å². The molecule has 14 N–H and O–H groups in total. The molecule has 1 aliphatic carbocycles. The fourth-order valence-corrected chi connectivity index (χ4v) is 11.2. The molecule has 4 aromatic rings. The summed E-state index contributed by atoms with van der Waals surface area (Å²) in [6.45, 7) is 3.39. The first-order valence-electron chi connectivity index (χ1n) is 27.7. The minimum Gasteiger partial charge on any atom is -0.370 e. The first-order chi connectivity index (χ1) is 38.0. The molecule has 9 atom stereocenters. The number of guanidine groups is 1. The maximum Gasteiger partial charge on any atom is 0.246 e. The predicted octanol–water partition coefficient (Wildman–Crippen LogP) is 1.61. The molecule has 22 nitrogen and oxygen atoms in total. The minimum absolute atomic E-state index is 0.0221. The molecule has 3 aromatic carbocycles. The molecule has 79 heavy (non-hydrogen) atoms. The monoisotopic (exact) mass is 1090 g/mol. The van der Waals surface area contributed by atoms with E-state index < -0.39 is 108 Å². The highest BCUT2D eigenvalue weighted by molar-refractivity contribution is 5.99. The molecule has 7 rings (SSSR count). The number of aliphatic imine (C=N–C) groups is 1. The first-order valence-corrected chi connectivity index (χ1v) is 27.7. The van der Waals surface area contributed by atoms with Crippen molar-refractivity contribution in [1.29, 1.82) is 0 Å². The molecule has 22 heteroatoms. The van der Waals surface area contributed by atoms with Crippen LogP contribution in [0, 0.1) is 5.92 Å². The number of aromatic nitrogens is 1. The summed E-state index contributed by atoms with van der Waals surface area (Å²) in [5.74, 6) is -6.37. The Hall–Kier alpha value is -8.04. The number of nitrogens with zero attached hydrogens (tertiary/aromatic N) is 2. The molecule has 424 valence electrons. The highest BCUT2D eigenvalue weighted by atomic mass is 16.2. The second-order valence-electron chi connectivity index (χ2n) is 21.2. The van der Waals surface area contributed by atoms with E-state index in [2.05, 4.69) is 47.2 Å². The fraction of sp³-hybridized carbons (Fsp3) is 0.509. The quantitative estimate of drug-likeness (QED) is 0.0462. The number of H-pyrrole nitrogens is 1. The average molecular weight is 1090 g/mol. The standard InChI is InChI=1S/C57H77N13O9/c1-3-4-18-42(64-33(2)71)51(74)69-46-31-49(72)61-25-12-11-20-41(50(58)73)65-54(77)45(29-38-32-63-40-19-9-8-17-39(38)40)67-52(75)43(21-13-26-62-57(59)60)66-53(76)44(28-34-23-24-35-14-5-6-15-36(35)27-34)68-55(78)48-30-37-16-7-10-22-47(37)70(48)56(46)79/h5-6,8-9,14-15,17,19,23-24,27,32,37,41-48,63H,3-4,7,10-13,16,18,20-22,25-26,28-31H2,1-2H3,(H2,58,73)(H,61,72)(H,64,71)(H,65,77)(H,66,76)(H,67,75)(H,68,78)(H,69,74)(H4,59,60,62)/t37-,41-,42-,43-,44+,45-,46-,47-,48?/m0/s1. The lowest BCUT2D eigenvalue weighted by atomic mass is 9.84. The van der Waals surface area contributed by atoms with E-state index in [0.717, 1.165) is 34.5 Å². The Balaban J connectivity index is 1.28. The molecule has 3 heterocycles. The summed E-state index contributed by atoms with van der Waals surface area (Å²) >= 11 is 0. The molecule has 3 aliphatic rings. The van der Waals surface area contributed by atoms with Gasteiger partial charge in [0.05, 0.1) is 6.42 Å². The number of benzene rings is 3. The number of carbonyl (C=O) groups excluding carboxylic acids is 9. The van der Waals surface area contributed by atoms with Crippen molar-refractivity contribution in [1.82, 2.24) is 47.1 Å². The number of nitrogens with one attached hydrogen (secondary N) is 8. The number of aromatic amines is 1. The van der Waals surface area contributed by atoms with Gasteiger partial charge in [0, 0.05) is 56.0 Å². The van der Waals surface area contributed by atoms with E-state index >= 15 is 14.4 Å². The topological polar surface area (TPSA) is 347 Å². The van der Waals surface area contributed by atoms with Gasteiger partial charge in [0.25, 0.3) is 0 Å². The largest absolute Gasteiger partial charge is 0.370 e. The van der Waals surface area contributed by atoms with Gasteiger partial charge in [-0.1, -0.05) is 93.3 Å². The SMILES string of the molecule is CCCC[C@H](NC(C)=O)C(=O)N[C@H]1CC(=O)NCCCC[C@@H](C(N)=O)NC(=O)[C@H](Cc2c[nH]c3ccccc23)NC(=O)[C@H](CCCN=C(N)N)NC(=O)[C@@H](Cc2ccc3ccccc3c2)NC(=O)C2C[C@@H]3CCCC[C@@H]3N2C1=O. The molecule has 1 aromatic heterocycles. The molecule has 3 fully saturated rings. The highest BCUT2D eigenvalue weighted by Gasteiger charge is 2.50. The van der Waals surface area contributed by atoms with Gasteiger partial charge in [-0.3, -0.25) is 48.1 Å². The van der Waals surface area contributed by atoms with Gasteiger partial charge in [-0.25, -0.2) is 0 Å². The highest BCUT2D eigenvalue weighted by Crippen LogP contribution is 2.40. The van der Waals surface area contributed by atoms with Crippen molar-refractivity contribution in [3.05, 3.63) is 84.1 Å². The van der Waals surface area contributed by atoms with E-state index in [9.17, 15) is 28.8 Å². The second kappa shape index (κ2) is 28.0. The molecule has 1 saturated carbocycles. The van der Waals surface area contributed by atoms with Crippen LogP contribution in [0.15, 0.2) is 77.9 Å². The zero-order valence-corrected chi connectivity index (χ0v) is 45.2. The Morgan fingerprint density at radius 2 is 1.44 bits per heavy atom. The minimum atomic E-state index is -1.47. The van der Waals surface area contributed by atoms with Crippen LogP contribution in [0.25, 0.3) is 21.7 Å². The van der Waals surface area contributed by atoms with Crippen molar-refractivity contribution in [2.24, 2.45) is 28.1 Å². The number of nitrogens with two attached hydrogens (primary N) is 3. The van der Waals surface area contributed by atoms with Crippen LogP contribution in [0.3, 0.4) is 0 Å². The maximum absolute atomic E-state index is 15.3. The number of unbranched alkanes of at least 4 members (excludes halogenated alkanes) is 1. The van der Waals surface area contributed by atoms with E-state index in [0.29, 0.717) is 49.7 Å². The van der Waals surface area contributed by atoms with Crippen LogP contribution < -0.4 is 54.4 Å². The van der Waals surface area contributed by atoms with Gasteiger partial charge in [-0.15, -0.1) is 0 Å². The Morgan fingerprint density at radius 3 is 2.20 bits per heavy atom. The van der Waals surface area contributed by atoms with Crippen molar-refractivity contribution >= 4 is 80.8 Å². The third kappa shape index (κ3) is 16.0. The van der Waals surface area contributed by atoms with Crippen LogP contribution in [0.2, 0.25) is 0 Å². The summed E-state index contributed by atoms with van der Waals surface area (Å²) < 4.78 is 0. The van der Waals surface area contributed by atoms with Crippen molar-refractivity contribution < 1.29 is 43.2 Å². The molecule has 9 amide bonds. The summed E-state index contributed by atoms with van der Waals surface area (Å²) in [5, 5.41) is 22.3. The molecule has 0 spiro atoms. The number of fused-ring (bicyclic) bond motifs is 5. The van der Waals surface area contributed by atoms with Crippen LogP contribution >= 0.6 is 0 Å². The summed E-state index contributed by atoms with van der Waals surface area (Å²) in [4.78, 5) is 137. The van der Waals surface area contributed by atoms with E-state index in [4.69, 9.17) is 17.2 Å². The van der Waals surface area contributed by atoms with E-state index in [-0.39, 0.29) is 69.9 Å². The Kier molecular flexibility index (Phi) is 20.8. The van der Waals surface area contributed by atoms with Gasteiger partial charge in [0.1, 0.15) is 42.3 Å². The van der Waals surface area contributed by atoms with Gasteiger partial charge in [0.2, 0.25) is 53.2 Å². The maximum atomic E-state index is 15.3. The third-order valence-electron chi connectivity index (χ3n) is 15.3. The number of rotatable bonds is 15. The van der Waals surface area contributed by atoms with Crippen LogP contribution in [0.4, 0.5) is 0 Å². The number of primary amides is 1. The summed E-state index contributed by atoms with van der Waals surface area (Å²) in [7, 11) is 0. The number of hydrogen-bond donors (Lipinski definition) is 11. The van der Waals surface area contributed by atoms with Gasteiger partial charge in [-0.2, -0.15) is 0 Å². The number of amides is 9. The predicted molar refractivity (Wildman–Crippen MR) is 298 cm³/mol. The zero-order valence-electron chi connectivity index (χ0n) is 45.2. The molecular formula is C57H77N13O9. The molecule has 2 saturated heterocycles. The molecule has 0 bridgehead atoms. The van der Waals surface area contributed by atoms with Crippen molar-refractivity contribution in [2.45, 2.75) is 165 Å². The number of carbonyl (C=O) groups is 9. The van der Waals surface area contributed by atoms with E-state index in [1.807, 2.05) is 73.7 Å². The van der Waals surface area contributed by atoms with Gasteiger partial charge < -0.3 is 64.3 Å². The molecule has 2 aliphatic heterocycles. The zero-order chi connectivity index (χ0) is 56.6. The summed E-state index contributed by atoms with van der Waals surface area (Å²) in [5.41, 5.74) is 19.3. The first kappa shape index (κ1) is 58.6. The van der Waals surface area contributed by atoms with Gasteiger partial charge in [-0.05, 0) is 91.7 Å². The summed E-state index contributed by atoms with van der Waals surface area (Å²) in [6.07, 6.45) is 6.66. The Morgan fingerprint density at radius 1 is 0.759 bits per heavy atom. The normalized spacial score (nSPS) is 24.4. The second-order valence-corrected chi connectivity index (χ2v) is 21.2. The van der Waals surface area contributed by atoms with E-state index in [1.54, 1.807) is 6.20 Å². The summed E-state index contributed by atoms with van der Waals surface area (Å²) in [6, 6.07) is 11.5. The lowest BCUT2D eigenvalue weighted by Crippen LogP contribution is -2.61. The number of hydrogen-bond acceptors (Lipinski definition) is 10.